The highest BCUT2D eigenvalue weighted by molar-refractivity contribution is 5.66. The number of hydrogen-bond acceptors (Lipinski definition) is 3. The first-order valence-corrected chi connectivity index (χ1v) is 6.91. The van der Waals surface area contributed by atoms with E-state index in [0.29, 0.717) is 6.54 Å². The van der Waals surface area contributed by atoms with Gasteiger partial charge < -0.3 is 4.90 Å². The molecule has 21 heavy (non-hydrogen) atoms. The van der Waals surface area contributed by atoms with E-state index < -0.39 is 5.41 Å². The summed E-state index contributed by atoms with van der Waals surface area (Å²) in [5, 5.41) is 19.6. The summed E-state index contributed by atoms with van der Waals surface area (Å²) in [6.45, 7) is 0.655. The number of nitriles is 2. The number of nitrogens with zero attached hydrogens (tertiary/aromatic N) is 3. The number of hydrogen-bond donors (Lipinski definition) is 0. The number of anilines is 1. The van der Waals surface area contributed by atoms with Gasteiger partial charge in [0.25, 0.3) is 0 Å². The molecule has 0 N–H and O–H groups in total. The molecule has 0 radical (unpaired) electrons. The fourth-order valence-corrected chi connectivity index (χ4v) is 3.18. The standard InChI is InChI=1S/C18H15N3/c1-21-11-16(14-7-3-2-4-8-14)18(12-19,13-20)15-9-5-6-10-17(15)21/h2-10,16H,11H2,1H3. The van der Waals surface area contributed by atoms with Crippen LogP contribution in [0.2, 0.25) is 0 Å². The van der Waals surface area contributed by atoms with Crippen molar-refractivity contribution in [3.8, 4) is 12.1 Å². The number of para-hydroxylation sites is 1. The summed E-state index contributed by atoms with van der Waals surface area (Å²) >= 11 is 0. The molecule has 0 fully saturated rings. The fourth-order valence-electron chi connectivity index (χ4n) is 3.18. The molecule has 0 aromatic heterocycles. The van der Waals surface area contributed by atoms with E-state index in [4.69, 9.17) is 0 Å². The zero-order valence-corrected chi connectivity index (χ0v) is 11.8. The molecule has 0 amide bonds. The third-order valence-corrected chi connectivity index (χ3v) is 4.27. The van der Waals surface area contributed by atoms with Crippen LogP contribution < -0.4 is 4.90 Å². The van der Waals surface area contributed by atoms with Crippen LogP contribution in [0.15, 0.2) is 54.6 Å². The van der Waals surface area contributed by atoms with E-state index in [2.05, 4.69) is 17.0 Å². The zero-order valence-electron chi connectivity index (χ0n) is 11.8. The normalized spacial score (nSPS) is 19.2. The Bertz CT molecular complexity index is 723. The van der Waals surface area contributed by atoms with Gasteiger partial charge in [0, 0.05) is 30.8 Å². The molecule has 1 unspecified atom stereocenters. The Morgan fingerprint density at radius 1 is 1.00 bits per heavy atom. The Morgan fingerprint density at radius 3 is 2.29 bits per heavy atom. The van der Waals surface area contributed by atoms with Gasteiger partial charge in [-0.2, -0.15) is 10.5 Å². The Morgan fingerprint density at radius 2 is 1.62 bits per heavy atom. The maximum Gasteiger partial charge on any atom is 0.179 e. The average Bonchev–Trinajstić information content (AvgIpc) is 2.56. The predicted molar refractivity (Wildman–Crippen MR) is 81.8 cm³/mol. The van der Waals surface area contributed by atoms with Crippen molar-refractivity contribution in [2.75, 3.05) is 18.5 Å². The smallest absolute Gasteiger partial charge is 0.179 e. The van der Waals surface area contributed by atoms with E-state index in [1.165, 1.54) is 0 Å². The molecule has 0 saturated heterocycles. The maximum atomic E-state index is 9.82. The highest BCUT2D eigenvalue weighted by atomic mass is 15.1. The van der Waals surface area contributed by atoms with Gasteiger partial charge in [-0.3, -0.25) is 0 Å². The van der Waals surface area contributed by atoms with Crippen LogP contribution in [0, 0.1) is 22.7 Å². The van der Waals surface area contributed by atoms with Gasteiger partial charge >= 0.3 is 0 Å². The monoisotopic (exact) mass is 273 g/mol. The maximum absolute atomic E-state index is 9.82. The van der Waals surface area contributed by atoms with Crippen molar-refractivity contribution < 1.29 is 0 Å². The largest absolute Gasteiger partial charge is 0.374 e. The van der Waals surface area contributed by atoms with Gasteiger partial charge in [0.1, 0.15) is 0 Å². The second-order valence-electron chi connectivity index (χ2n) is 5.39. The molecule has 3 nitrogen and oxygen atoms in total. The van der Waals surface area contributed by atoms with Gasteiger partial charge in [-0.05, 0) is 11.6 Å². The average molecular weight is 273 g/mol. The highest BCUT2D eigenvalue weighted by Crippen LogP contribution is 2.46. The summed E-state index contributed by atoms with van der Waals surface area (Å²) in [4.78, 5) is 2.12. The number of fused-ring (bicyclic) bond motifs is 1. The summed E-state index contributed by atoms with van der Waals surface area (Å²) in [6, 6.07) is 22.2. The number of benzene rings is 2. The molecule has 0 aliphatic carbocycles. The van der Waals surface area contributed by atoms with Gasteiger partial charge in [-0.25, -0.2) is 0 Å². The predicted octanol–water partition coefficient (Wildman–Crippen LogP) is 3.21. The molecule has 102 valence electrons. The Balaban J connectivity index is 2.25. The third-order valence-electron chi connectivity index (χ3n) is 4.27. The highest BCUT2D eigenvalue weighted by Gasteiger charge is 2.47. The lowest BCUT2D eigenvalue weighted by molar-refractivity contribution is 0.505. The summed E-state index contributed by atoms with van der Waals surface area (Å²) in [6.07, 6.45) is 0. The van der Waals surface area contributed by atoms with Crippen LogP contribution in [0.1, 0.15) is 17.0 Å². The molecule has 3 rings (SSSR count). The van der Waals surface area contributed by atoms with Crippen LogP contribution in [0.25, 0.3) is 0 Å². The van der Waals surface area contributed by atoms with Crippen LogP contribution in [0.4, 0.5) is 5.69 Å². The van der Waals surface area contributed by atoms with E-state index in [0.717, 1.165) is 16.8 Å². The van der Waals surface area contributed by atoms with Crippen molar-refractivity contribution in [1.82, 2.24) is 0 Å². The second kappa shape index (κ2) is 4.96. The molecule has 1 atom stereocenters. The SMILES string of the molecule is CN1CC(c2ccccc2)C(C#N)(C#N)c2ccccc21. The van der Waals surface area contributed by atoms with Crippen molar-refractivity contribution in [1.29, 1.82) is 10.5 Å². The van der Waals surface area contributed by atoms with E-state index in [1.54, 1.807) is 0 Å². The Labute approximate surface area is 124 Å². The quantitative estimate of drug-likeness (QED) is 0.801. The lowest BCUT2D eigenvalue weighted by Crippen LogP contribution is -2.44. The Hall–Kier alpha value is -2.78. The molecule has 1 aliphatic rings. The molecular weight excluding hydrogens is 258 g/mol. The summed E-state index contributed by atoms with van der Waals surface area (Å²) in [7, 11) is 2.01. The van der Waals surface area contributed by atoms with Crippen molar-refractivity contribution in [2.45, 2.75) is 11.3 Å². The first-order chi connectivity index (χ1) is 10.2. The molecule has 0 spiro atoms. The molecule has 1 aliphatic heterocycles. The van der Waals surface area contributed by atoms with Crippen molar-refractivity contribution in [2.24, 2.45) is 0 Å². The summed E-state index contributed by atoms with van der Waals surface area (Å²) < 4.78 is 0. The van der Waals surface area contributed by atoms with Gasteiger partial charge in [0.15, 0.2) is 5.41 Å². The first-order valence-electron chi connectivity index (χ1n) is 6.91. The van der Waals surface area contributed by atoms with Crippen LogP contribution in [-0.4, -0.2) is 13.6 Å². The van der Waals surface area contributed by atoms with Gasteiger partial charge in [0.05, 0.1) is 12.1 Å². The molecular formula is C18H15N3. The molecule has 0 saturated carbocycles. The Kier molecular flexibility index (Phi) is 3.12. The van der Waals surface area contributed by atoms with Crippen molar-refractivity contribution >= 4 is 5.69 Å². The first kappa shape index (κ1) is 13.2. The van der Waals surface area contributed by atoms with Crippen LogP contribution in [-0.2, 0) is 5.41 Å². The molecule has 2 aromatic carbocycles. The summed E-state index contributed by atoms with van der Waals surface area (Å²) in [5.74, 6) is -0.159. The van der Waals surface area contributed by atoms with E-state index in [-0.39, 0.29) is 5.92 Å². The lowest BCUT2D eigenvalue weighted by atomic mass is 9.66. The lowest BCUT2D eigenvalue weighted by Gasteiger charge is -2.41. The van der Waals surface area contributed by atoms with E-state index in [9.17, 15) is 10.5 Å². The van der Waals surface area contributed by atoms with Crippen LogP contribution in [0.3, 0.4) is 0 Å². The zero-order chi connectivity index (χ0) is 14.9. The van der Waals surface area contributed by atoms with Gasteiger partial charge in [0.2, 0.25) is 0 Å². The minimum Gasteiger partial charge on any atom is -0.374 e. The fraction of sp³-hybridized carbons (Fsp3) is 0.222. The molecule has 3 heteroatoms. The minimum atomic E-state index is -1.13. The second-order valence-corrected chi connectivity index (χ2v) is 5.39. The topological polar surface area (TPSA) is 50.8 Å². The number of rotatable bonds is 1. The molecule has 2 aromatic rings. The number of likely N-dealkylation sites (N-methyl/N-ethyl adjacent to an activating group) is 1. The van der Waals surface area contributed by atoms with E-state index in [1.807, 2.05) is 61.6 Å². The minimum absolute atomic E-state index is 0.159. The summed E-state index contributed by atoms with van der Waals surface area (Å²) in [5.41, 5.74) is 1.66. The van der Waals surface area contributed by atoms with E-state index >= 15 is 0 Å². The van der Waals surface area contributed by atoms with Crippen LogP contribution >= 0.6 is 0 Å². The van der Waals surface area contributed by atoms with Crippen LogP contribution in [0.5, 0.6) is 0 Å². The van der Waals surface area contributed by atoms with Gasteiger partial charge in [-0.1, -0.05) is 48.5 Å². The molecule has 1 heterocycles. The molecule has 0 bridgehead atoms. The van der Waals surface area contributed by atoms with Crippen molar-refractivity contribution in [3.63, 3.8) is 0 Å². The third kappa shape index (κ3) is 1.87. The van der Waals surface area contributed by atoms with Gasteiger partial charge in [-0.15, -0.1) is 0 Å². The van der Waals surface area contributed by atoms with Crippen molar-refractivity contribution in [3.05, 3.63) is 65.7 Å².